The molecular weight excluding hydrogens is 178 g/mol. The molecule has 0 aliphatic carbocycles. The van der Waals surface area contributed by atoms with E-state index in [1.807, 2.05) is 0 Å². The second-order valence-electron chi connectivity index (χ2n) is 2.56. The molecule has 1 saturated heterocycles. The monoisotopic (exact) mass is 185 g/mol. The SMILES string of the molecule is Clc1ncccc1OCC1CO1. The summed E-state index contributed by atoms with van der Waals surface area (Å²) in [6.45, 7) is 1.35. The number of pyridine rings is 1. The number of ether oxygens (including phenoxy) is 2. The van der Waals surface area contributed by atoms with Gasteiger partial charge in [0, 0.05) is 6.20 Å². The molecule has 2 rings (SSSR count). The average molecular weight is 186 g/mol. The maximum atomic E-state index is 5.75. The molecule has 1 aromatic heterocycles. The van der Waals surface area contributed by atoms with E-state index in [0.29, 0.717) is 17.5 Å². The molecule has 0 bridgehead atoms. The second-order valence-corrected chi connectivity index (χ2v) is 2.92. The molecule has 0 spiro atoms. The van der Waals surface area contributed by atoms with Gasteiger partial charge >= 0.3 is 0 Å². The number of nitrogens with zero attached hydrogens (tertiary/aromatic N) is 1. The minimum absolute atomic E-state index is 0.251. The first kappa shape index (κ1) is 7.83. The lowest BCUT2D eigenvalue weighted by molar-refractivity contribution is 0.262. The molecule has 1 fully saturated rings. The number of hydrogen-bond donors (Lipinski definition) is 0. The Morgan fingerprint density at radius 2 is 2.58 bits per heavy atom. The van der Waals surface area contributed by atoms with E-state index < -0.39 is 0 Å². The first-order valence-electron chi connectivity index (χ1n) is 3.71. The highest BCUT2D eigenvalue weighted by Crippen LogP contribution is 2.21. The highest BCUT2D eigenvalue weighted by molar-refractivity contribution is 6.30. The van der Waals surface area contributed by atoms with E-state index in [1.54, 1.807) is 18.3 Å². The zero-order chi connectivity index (χ0) is 8.39. The molecule has 2 heterocycles. The van der Waals surface area contributed by atoms with Crippen molar-refractivity contribution in [2.45, 2.75) is 6.10 Å². The number of rotatable bonds is 3. The van der Waals surface area contributed by atoms with Crippen LogP contribution in [0.4, 0.5) is 0 Å². The second kappa shape index (κ2) is 3.29. The zero-order valence-corrected chi connectivity index (χ0v) is 7.12. The first-order chi connectivity index (χ1) is 5.86. The summed E-state index contributed by atoms with van der Waals surface area (Å²) in [4.78, 5) is 3.88. The molecule has 1 unspecified atom stereocenters. The van der Waals surface area contributed by atoms with Crippen LogP contribution < -0.4 is 4.74 Å². The van der Waals surface area contributed by atoms with Gasteiger partial charge in [-0.2, -0.15) is 0 Å². The molecule has 4 heteroatoms. The van der Waals surface area contributed by atoms with E-state index in [0.717, 1.165) is 6.61 Å². The van der Waals surface area contributed by atoms with Crippen LogP contribution in [0.2, 0.25) is 5.15 Å². The summed E-state index contributed by atoms with van der Waals surface area (Å²) in [5.74, 6) is 0.620. The van der Waals surface area contributed by atoms with Crippen molar-refractivity contribution in [2.24, 2.45) is 0 Å². The van der Waals surface area contributed by atoms with Crippen molar-refractivity contribution in [3.05, 3.63) is 23.5 Å². The third-order valence-corrected chi connectivity index (χ3v) is 1.84. The molecule has 1 aromatic rings. The van der Waals surface area contributed by atoms with E-state index >= 15 is 0 Å². The number of hydrogen-bond acceptors (Lipinski definition) is 3. The lowest BCUT2D eigenvalue weighted by atomic mass is 10.4. The average Bonchev–Trinajstić information content (AvgIpc) is 2.86. The van der Waals surface area contributed by atoms with Crippen LogP contribution in [-0.2, 0) is 4.74 Å². The van der Waals surface area contributed by atoms with Crippen LogP contribution in [-0.4, -0.2) is 24.3 Å². The zero-order valence-electron chi connectivity index (χ0n) is 6.37. The Hall–Kier alpha value is -0.800. The molecule has 3 nitrogen and oxygen atoms in total. The molecular formula is C8H8ClNO2. The van der Waals surface area contributed by atoms with Gasteiger partial charge in [-0.3, -0.25) is 0 Å². The smallest absolute Gasteiger partial charge is 0.171 e. The quantitative estimate of drug-likeness (QED) is 0.529. The molecule has 0 N–H and O–H groups in total. The summed E-state index contributed by atoms with van der Waals surface area (Å²) in [6, 6.07) is 3.58. The number of halogens is 1. The van der Waals surface area contributed by atoms with Crippen molar-refractivity contribution in [2.75, 3.05) is 13.2 Å². The van der Waals surface area contributed by atoms with Gasteiger partial charge in [-0.15, -0.1) is 0 Å². The van der Waals surface area contributed by atoms with Gasteiger partial charge in [-0.1, -0.05) is 11.6 Å². The fourth-order valence-electron chi connectivity index (χ4n) is 0.826. The molecule has 1 atom stereocenters. The van der Waals surface area contributed by atoms with Gasteiger partial charge in [0.05, 0.1) is 6.61 Å². The summed E-state index contributed by atoms with van der Waals surface area (Å²) in [6.07, 6.45) is 1.88. The highest BCUT2D eigenvalue weighted by atomic mass is 35.5. The fraction of sp³-hybridized carbons (Fsp3) is 0.375. The summed E-state index contributed by atoms with van der Waals surface area (Å²) < 4.78 is 10.3. The fourth-order valence-corrected chi connectivity index (χ4v) is 1.000. The highest BCUT2D eigenvalue weighted by Gasteiger charge is 2.23. The Labute approximate surface area is 75.3 Å². The topological polar surface area (TPSA) is 34.6 Å². The molecule has 1 aliphatic heterocycles. The molecule has 0 radical (unpaired) electrons. The van der Waals surface area contributed by atoms with Crippen molar-refractivity contribution in [1.82, 2.24) is 4.98 Å². The summed E-state index contributed by atoms with van der Waals surface area (Å²) in [7, 11) is 0. The Kier molecular flexibility index (Phi) is 2.15. The van der Waals surface area contributed by atoms with Crippen LogP contribution in [0.15, 0.2) is 18.3 Å². The van der Waals surface area contributed by atoms with Crippen molar-refractivity contribution in [3.8, 4) is 5.75 Å². The largest absolute Gasteiger partial charge is 0.488 e. The predicted octanol–water partition coefficient (Wildman–Crippen LogP) is 1.51. The predicted molar refractivity (Wildman–Crippen MR) is 44.5 cm³/mol. The summed E-state index contributed by atoms with van der Waals surface area (Å²) in [5, 5.41) is 0.401. The van der Waals surface area contributed by atoms with Gasteiger partial charge in [0.25, 0.3) is 0 Å². The van der Waals surface area contributed by atoms with Gasteiger partial charge in [0.1, 0.15) is 12.7 Å². The van der Waals surface area contributed by atoms with Crippen molar-refractivity contribution in [1.29, 1.82) is 0 Å². The van der Waals surface area contributed by atoms with Crippen LogP contribution in [0.1, 0.15) is 0 Å². The van der Waals surface area contributed by atoms with Gasteiger partial charge in [-0.05, 0) is 12.1 Å². The van der Waals surface area contributed by atoms with E-state index in [1.165, 1.54) is 0 Å². The normalized spacial score (nSPS) is 20.6. The van der Waals surface area contributed by atoms with Crippen LogP contribution in [0.5, 0.6) is 5.75 Å². The third kappa shape index (κ3) is 1.87. The summed E-state index contributed by atoms with van der Waals surface area (Å²) in [5.41, 5.74) is 0. The molecule has 64 valence electrons. The van der Waals surface area contributed by atoms with E-state index in [-0.39, 0.29) is 6.10 Å². The molecule has 0 amide bonds. The molecule has 12 heavy (non-hydrogen) atoms. The first-order valence-corrected chi connectivity index (χ1v) is 4.09. The van der Waals surface area contributed by atoms with E-state index in [2.05, 4.69) is 4.98 Å². The lowest BCUT2D eigenvalue weighted by Gasteiger charge is -2.03. The lowest BCUT2D eigenvalue weighted by Crippen LogP contribution is -2.04. The molecule has 0 saturated carbocycles. The standard InChI is InChI=1S/C8H8ClNO2/c9-8-7(2-1-3-10-8)12-5-6-4-11-6/h1-3,6H,4-5H2. The minimum Gasteiger partial charge on any atom is -0.488 e. The van der Waals surface area contributed by atoms with Gasteiger partial charge < -0.3 is 9.47 Å². The van der Waals surface area contributed by atoms with Crippen LogP contribution in [0.3, 0.4) is 0 Å². The van der Waals surface area contributed by atoms with Crippen LogP contribution in [0.25, 0.3) is 0 Å². The van der Waals surface area contributed by atoms with Crippen LogP contribution in [0, 0.1) is 0 Å². The Bertz CT molecular complexity index is 276. The maximum absolute atomic E-state index is 5.75. The third-order valence-electron chi connectivity index (χ3n) is 1.55. The number of epoxide rings is 1. The van der Waals surface area contributed by atoms with Gasteiger partial charge in [0.2, 0.25) is 0 Å². The van der Waals surface area contributed by atoms with Crippen molar-refractivity contribution < 1.29 is 9.47 Å². The van der Waals surface area contributed by atoms with Gasteiger partial charge in [0.15, 0.2) is 10.9 Å². The van der Waals surface area contributed by atoms with E-state index in [4.69, 9.17) is 21.1 Å². The van der Waals surface area contributed by atoms with Crippen molar-refractivity contribution >= 4 is 11.6 Å². The van der Waals surface area contributed by atoms with E-state index in [9.17, 15) is 0 Å². The molecule has 1 aliphatic rings. The van der Waals surface area contributed by atoms with Crippen molar-refractivity contribution in [3.63, 3.8) is 0 Å². The van der Waals surface area contributed by atoms with Crippen LogP contribution >= 0.6 is 11.6 Å². The number of aromatic nitrogens is 1. The Morgan fingerprint density at radius 1 is 1.75 bits per heavy atom. The Morgan fingerprint density at radius 3 is 3.25 bits per heavy atom. The molecule has 0 aromatic carbocycles. The maximum Gasteiger partial charge on any atom is 0.171 e. The minimum atomic E-state index is 0.251. The Balaban J connectivity index is 1.96. The van der Waals surface area contributed by atoms with Gasteiger partial charge in [-0.25, -0.2) is 4.98 Å². The summed E-state index contributed by atoms with van der Waals surface area (Å²) >= 11 is 5.75.